The van der Waals surface area contributed by atoms with Gasteiger partial charge >= 0.3 is 5.97 Å². The molecule has 2 aromatic rings. The van der Waals surface area contributed by atoms with Crippen LogP contribution in [0.15, 0.2) is 48.5 Å². The second kappa shape index (κ2) is 7.92. The Labute approximate surface area is 159 Å². The van der Waals surface area contributed by atoms with Crippen molar-refractivity contribution in [3.63, 3.8) is 0 Å². The van der Waals surface area contributed by atoms with Gasteiger partial charge in [0.05, 0.1) is 26.2 Å². The van der Waals surface area contributed by atoms with E-state index >= 15 is 0 Å². The maximum Gasteiger partial charge on any atom is 0.303 e. The fourth-order valence-electron chi connectivity index (χ4n) is 3.67. The second-order valence-corrected chi connectivity index (χ2v) is 7.15. The highest BCUT2D eigenvalue weighted by atomic mass is 16.6. The highest BCUT2D eigenvalue weighted by Gasteiger charge is 2.47. The molecule has 1 aliphatic rings. The summed E-state index contributed by atoms with van der Waals surface area (Å²) in [6.07, 6.45) is 0.120. The molecule has 1 aliphatic heterocycles. The van der Waals surface area contributed by atoms with Gasteiger partial charge in [0, 0.05) is 12.6 Å². The van der Waals surface area contributed by atoms with E-state index in [2.05, 4.69) is 0 Å². The lowest BCUT2D eigenvalue weighted by Gasteiger charge is -2.29. The standard InChI is InChI=1S/C22H25NO4/c1-16-8-7-9-17(2)21(16)23-14-22(12-20(23)25,27-18(3)24)15-26-13-19-10-5-4-6-11-19/h4-11H,12-15H2,1-3H3. The number of esters is 1. The van der Waals surface area contributed by atoms with E-state index in [0.29, 0.717) is 13.2 Å². The zero-order valence-corrected chi connectivity index (χ0v) is 16.0. The molecule has 3 rings (SSSR count). The summed E-state index contributed by atoms with van der Waals surface area (Å²) in [4.78, 5) is 26.2. The SMILES string of the molecule is CC(=O)OC1(COCc2ccccc2)CC(=O)N(c2c(C)cccc2C)C1. The third kappa shape index (κ3) is 4.37. The summed E-state index contributed by atoms with van der Waals surface area (Å²) < 4.78 is 11.5. The van der Waals surface area contributed by atoms with E-state index in [1.54, 1.807) is 4.90 Å². The van der Waals surface area contributed by atoms with Gasteiger partial charge in [0.1, 0.15) is 0 Å². The number of amides is 1. The first-order valence-corrected chi connectivity index (χ1v) is 9.08. The van der Waals surface area contributed by atoms with Crippen molar-refractivity contribution in [2.24, 2.45) is 0 Å². The van der Waals surface area contributed by atoms with Crippen LogP contribution in [0.5, 0.6) is 0 Å². The molecule has 0 N–H and O–H groups in total. The predicted molar refractivity (Wildman–Crippen MR) is 103 cm³/mol. The molecule has 0 saturated carbocycles. The molecule has 0 aliphatic carbocycles. The molecule has 27 heavy (non-hydrogen) atoms. The second-order valence-electron chi connectivity index (χ2n) is 7.15. The molecule has 1 atom stereocenters. The van der Waals surface area contributed by atoms with Crippen molar-refractivity contribution in [2.75, 3.05) is 18.1 Å². The van der Waals surface area contributed by atoms with Crippen LogP contribution in [0.25, 0.3) is 0 Å². The van der Waals surface area contributed by atoms with Crippen molar-refractivity contribution < 1.29 is 19.1 Å². The van der Waals surface area contributed by atoms with Crippen LogP contribution in [0.1, 0.15) is 30.0 Å². The number of aryl methyl sites for hydroxylation is 2. The summed E-state index contributed by atoms with van der Waals surface area (Å²) >= 11 is 0. The van der Waals surface area contributed by atoms with E-state index < -0.39 is 11.6 Å². The maximum absolute atomic E-state index is 12.8. The molecule has 0 bridgehead atoms. The Hall–Kier alpha value is -2.66. The number of para-hydroxylation sites is 1. The van der Waals surface area contributed by atoms with Crippen LogP contribution in [0.2, 0.25) is 0 Å². The molecule has 1 amide bonds. The first kappa shape index (κ1) is 19.1. The minimum Gasteiger partial charge on any atom is -0.454 e. The van der Waals surface area contributed by atoms with E-state index in [1.807, 2.05) is 62.4 Å². The Morgan fingerprint density at radius 1 is 1.07 bits per heavy atom. The van der Waals surface area contributed by atoms with Crippen molar-refractivity contribution in [2.45, 2.75) is 39.4 Å². The highest BCUT2D eigenvalue weighted by Crippen LogP contribution is 2.35. The minimum atomic E-state index is -0.966. The number of carbonyl (C=O) groups is 2. The molecule has 0 aromatic heterocycles. The zero-order chi connectivity index (χ0) is 19.4. The normalized spacial score (nSPS) is 19.4. The smallest absolute Gasteiger partial charge is 0.303 e. The predicted octanol–water partition coefficient (Wildman–Crippen LogP) is 3.56. The van der Waals surface area contributed by atoms with Gasteiger partial charge in [0.25, 0.3) is 0 Å². The number of hydrogen-bond donors (Lipinski definition) is 0. The van der Waals surface area contributed by atoms with Crippen LogP contribution in [0.4, 0.5) is 5.69 Å². The minimum absolute atomic E-state index is 0.0584. The molecule has 1 saturated heterocycles. The number of benzene rings is 2. The largest absolute Gasteiger partial charge is 0.454 e. The molecule has 0 radical (unpaired) electrons. The van der Waals surface area contributed by atoms with Crippen LogP contribution < -0.4 is 4.90 Å². The third-order valence-electron chi connectivity index (χ3n) is 4.77. The Balaban J connectivity index is 1.78. The molecule has 1 unspecified atom stereocenters. The van der Waals surface area contributed by atoms with Gasteiger partial charge in [-0.15, -0.1) is 0 Å². The van der Waals surface area contributed by atoms with Crippen molar-refractivity contribution in [1.82, 2.24) is 0 Å². The molecule has 1 fully saturated rings. The Morgan fingerprint density at radius 3 is 2.37 bits per heavy atom. The average molecular weight is 367 g/mol. The number of nitrogens with zero attached hydrogens (tertiary/aromatic N) is 1. The van der Waals surface area contributed by atoms with Gasteiger partial charge in [-0.1, -0.05) is 48.5 Å². The van der Waals surface area contributed by atoms with E-state index in [0.717, 1.165) is 22.4 Å². The lowest BCUT2D eigenvalue weighted by atomic mass is 10.0. The van der Waals surface area contributed by atoms with Crippen molar-refractivity contribution in [3.05, 3.63) is 65.2 Å². The molecular weight excluding hydrogens is 342 g/mol. The van der Waals surface area contributed by atoms with Crippen LogP contribution in [0.3, 0.4) is 0 Å². The Bertz CT molecular complexity index is 813. The first-order chi connectivity index (χ1) is 12.9. The molecule has 142 valence electrons. The maximum atomic E-state index is 12.8. The van der Waals surface area contributed by atoms with Crippen LogP contribution in [0, 0.1) is 13.8 Å². The Morgan fingerprint density at radius 2 is 1.74 bits per heavy atom. The lowest BCUT2D eigenvalue weighted by molar-refractivity contribution is -0.162. The van der Waals surface area contributed by atoms with E-state index in [-0.39, 0.29) is 18.9 Å². The fourth-order valence-corrected chi connectivity index (χ4v) is 3.67. The fraction of sp³-hybridized carbons (Fsp3) is 0.364. The zero-order valence-electron chi connectivity index (χ0n) is 16.0. The van der Waals surface area contributed by atoms with Crippen LogP contribution in [-0.2, 0) is 25.7 Å². The van der Waals surface area contributed by atoms with Gasteiger partial charge in [-0.25, -0.2) is 0 Å². The third-order valence-corrected chi connectivity index (χ3v) is 4.77. The summed E-state index contributed by atoms with van der Waals surface area (Å²) in [6, 6.07) is 15.7. The molecule has 0 spiro atoms. The van der Waals surface area contributed by atoms with E-state index in [4.69, 9.17) is 9.47 Å². The van der Waals surface area contributed by atoms with Gasteiger partial charge in [0.2, 0.25) is 5.91 Å². The van der Waals surface area contributed by atoms with Gasteiger partial charge in [0.15, 0.2) is 5.60 Å². The van der Waals surface area contributed by atoms with E-state index in [1.165, 1.54) is 6.92 Å². The highest BCUT2D eigenvalue weighted by molar-refractivity contribution is 5.98. The summed E-state index contributed by atoms with van der Waals surface area (Å²) in [6.45, 7) is 6.20. The summed E-state index contributed by atoms with van der Waals surface area (Å²) in [5.74, 6) is -0.466. The first-order valence-electron chi connectivity index (χ1n) is 9.08. The summed E-state index contributed by atoms with van der Waals surface area (Å²) in [5.41, 5.74) is 3.00. The summed E-state index contributed by atoms with van der Waals surface area (Å²) in [5, 5.41) is 0. The molecule has 5 heteroatoms. The number of ether oxygens (including phenoxy) is 2. The molecule has 5 nitrogen and oxygen atoms in total. The average Bonchev–Trinajstić information content (AvgIpc) is 2.91. The van der Waals surface area contributed by atoms with Crippen molar-refractivity contribution in [1.29, 1.82) is 0 Å². The van der Waals surface area contributed by atoms with Gasteiger partial charge in [-0.05, 0) is 30.5 Å². The quantitative estimate of drug-likeness (QED) is 0.733. The van der Waals surface area contributed by atoms with Gasteiger partial charge in [-0.3, -0.25) is 9.59 Å². The van der Waals surface area contributed by atoms with Crippen LogP contribution >= 0.6 is 0 Å². The van der Waals surface area contributed by atoms with Crippen molar-refractivity contribution >= 4 is 17.6 Å². The molecular formula is C22H25NO4. The number of anilines is 1. The number of hydrogen-bond acceptors (Lipinski definition) is 4. The van der Waals surface area contributed by atoms with Crippen molar-refractivity contribution in [3.8, 4) is 0 Å². The number of carbonyl (C=O) groups excluding carboxylic acids is 2. The Kier molecular flexibility index (Phi) is 5.61. The monoisotopic (exact) mass is 367 g/mol. The molecule has 2 aromatic carbocycles. The summed E-state index contributed by atoms with van der Waals surface area (Å²) in [7, 11) is 0. The number of rotatable bonds is 6. The van der Waals surface area contributed by atoms with E-state index in [9.17, 15) is 9.59 Å². The topological polar surface area (TPSA) is 55.8 Å². The van der Waals surface area contributed by atoms with Gasteiger partial charge in [-0.2, -0.15) is 0 Å². The van der Waals surface area contributed by atoms with Crippen LogP contribution in [-0.4, -0.2) is 30.6 Å². The lowest BCUT2D eigenvalue weighted by Crippen LogP contribution is -2.42. The molecule has 1 heterocycles. The van der Waals surface area contributed by atoms with Gasteiger partial charge < -0.3 is 14.4 Å².